The van der Waals surface area contributed by atoms with Crippen LogP contribution in [0.1, 0.15) is 12.8 Å². The minimum atomic E-state index is 0.919. The van der Waals surface area contributed by atoms with E-state index >= 15 is 0 Å². The van der Waals surface area contributed by atoms with Crippen molar-refractivity contribution in [3.8, 4) is 0 Å². The maximum Gasteiger partial charge on any atom is 0.185 e. The van der Waals surface area contributed by atoms with Crippen molar-refractivity contribution in [1.29, 1.82) is 0 Å². The quantitative estimate of drug-likeness (QED) is 0.889. The van der Waals surface area contributed by atoms with E-state index in [-0.39, 0.29) is 0 Å². The first-order chi connectivity index (χ1) is 8.92. The Bertz CT molecular complexity index is 340. The van der Waals surface area contributed by atoms with Gasteiger partial charge in [-0.15, -0.1) is 11.3 Å². The highest BCUT2D eigenvalue weighted by Crippen LogP contribution is 2.19. The Kier molecular flexibility index (Phi) is 4.13. The van der Waals surface area contributed by atoms with Crippen LogP contribution in [0.25, 0.3) is 0 Å². The summed E-state index contributed by atoms with van der Waals surface area (Å²) in [7, 11) is 0. The molecule has 2 aliphatic rings. The van der Waals surface area contributed by atoms with Gasteiger partial charge in [-0.05, 0) is 38.4 Å². The Morgan fingerprint density at radius 1 is 1.33 bits per heavy atom. The van der Waals surface area contributed by atoms with Crippen LogP contribution in [-0.2, 0) is 0 Å². The van der Waals surface area contributed by atoms with Crippen molar-refractivity contribution >= 4 is 16.5 Å². The molecule has 1 N–H and O–H groups in total. The van der Waals surface area contributed by atoms with E-state index in [1.165, 1.54) is 50.7 Å². The largest absolute Gasteiger partial charge is 0.346 e. The molecule has 1 aromatic heterocycles. The molecular weight excluding hydrogens is 244 g/mol. The van der Waals surface area contributed by atoms with Gasteiger partial charge in [0.15, 0.2) is 5.13 Å². The van der Waals surface area contributed by atoms with Gasteiger partial charge < -0.3 is 10.2 Å². The molecule has 4 nitrogen and oxygen atoms in total. The van der Waals surface area contributed by atoms with Crippen LogP contribution in [0.3, 0.4) is 0 Å². The third-order valence-corrected chi connectivity index (χ3v) is 4.91. The van der Waals surface area contributed by atoms with Gasteiger partial charge in [0.2, 0.25) is 0 Å². The summed E-state index contributed by atoms with van der Waals surface area (Å²) >= 11 is 1.75. The smallest absolute Gasteiger partial charge is 0.185 e. The number of hydrogen-bond donors (Lipinski definition) is 1. The lowest BCUT2D eigenvalue weighted by Crippen LogP contribution is -2.46. The van der Waals surface area contributed by atoms with Crippen LogP contribution >= 0.6 is 11.3 Å². The van der Waals surface area contributed by atoms with E-state index < -0.39 is 0 Å². The van der Waals surface area contributed by atoms with Crippen LogP contribution < -0.4 is 10.2 Å². The summed E-state index contributed by atoms with van der Waals surface area (Å²) in [6.45, 7) is 8.39. The average Bonchev–Trinajstić information content (AvgIpc) is 3.10. The molecule has 0 radical (unpaired) electrons. The highest BCUT2D eigenvalue weighted by Gasteiger charge is 2.20. The minimum absolute atomic E-state index is 0.919. The summed E-state index contributed by atoms with van der Waals surface area (Å²) in [5, 5.41) is 6.71. The zero-order valence-corrected chi connectivity index (χ0v) is 11.7. The normalized spacial score (nSPS) is 25.8. The van der Waals surface area contributed by atoms with Gasteiger partial charge in [-0.3, -0.25) is 4.90 Å². The summed E-state index contributed by atoms with van der Waals surface area (Å²) < 4.78 is 0. The lowest BCUT2D eigenvalue weighted by molar-refractivity contribution is 0.241. The molecular formula is C13H22N4S. The van der Waals surface area contributed by atoms with Crippen molar-refractivity contribution in [2.24, 2.45) is 5.92 Å². The topological polar surface area (TPSA) is 31.4 Å². The fraction of sp³-hybridized carbons (Fsp3) is 0.769. The molecule has 1 unspecified atom stereocenters. The molecule has 0 amide bonds. The first-order valence-corrected chi connectivity index (χ1v) is 7.87. The lowest BCUT2D eigenvalue weighted by atomic mass is 10.0. The number of piperazine rings is 1. The van der Waals surface area contributed by atoms with Crippen molar-refractivity contribution in [2.45, 2.75) is 12.8 Å². The third kappa shape index (κ3) is 3.02. The molecule has 3 heterocycles. The zero-order valence-electron chi connectivity index (χ0n) is 10.8. The van der Waals surface area contributed by atoms with Gasteiger partial charge in [-0.2, -0.15) is 0 Å². The average molecular weight is 266 g/mol. The molecule has 2 fully saturated rings. The lowest BCUT2D eigenvalue weighted by Gasteiger charge is -2.34. The molecule has 100 valence electrons. The van der Waals surface area contributed by atoms with Gasteiger partial charge >= 0.3 is 0 Å². The molecule has 5 heteroatoms. The fourth-order valence-electron chi connectivity index (χ4n) is 2.86. The van der Waals surface area contributed by atoms with Crippen LogP contribution in [0.2, 0.25) is 0 Å². The molecule has 2 saturated heterocycles. The molecule has 0 spiro atoms. The first kappa shape index (κ1) is 12.4. The second-order valence-corrected chi connectivity index (χ2v) is 6.16. The predicted octanol–water partition coefficient (Wildman–Crippen LogP) is 1.26. The summed E-state index contributed by atoms with van der Waals surface area (Å²) in [4.78, 5) is 9.42. The Morgan fingerprint density at radius 3 is 2.89 bits per heavy atom. The molecule has 0 bridgehead atoms. The van der Waals surface area contributed by atoms with Gasteiger partial charge in [0, 0.05) is 37.8 Å². The van der Waals surface area contributed by atoms with Gasteiger partial charge in [0.05, 0.1) is 0 Å². The molecule has 0 saturated carbocycles. The van der Waals surface area contributed by atoms with Crippen LogP contribution in [-0.4, -0.2) is 55.7 Å². The molecule has 0 aliphatic carbocycles. The number of hydrogen-bond acceptors (Lipinski definition) is 5. The Labute approximate surface area is 113 Å². The maximum absolute atomic E-state index is 4.39. The molecule has 18 heavy (non-hydrogen) atoms. The molecule has 0 aromatic carbocycles. The standard InChI is InChI=1S/C13H22N4S/c1-3-14-11-12(1)2-5-16-6-8-17(9-7-16)13-15-4-10-18-13/h4,10,12,14H,1-3,5-9,11H2. The molecule has 2 aliphatic heterocycles. The van der Waals surface area contributed by atoms with E-state index in [0.29, 0.717) is 0 Å². The Morgan fingerprint density at radius 2 is 2.22 bits per heavy atom. The van der Waals surface area contributed by atoms with E-state index in [4.69, 9.17) is 0 Å². The fourth-order valence-corrected chi connectivity index (χ4v) is 3.56. The second-order valence-electron chi connectivity index (χ2n) is 5.29. The molecule has 1 aromatic rings. The van der Waals surface area contributed by atoms with E-state index in [0.717, 1.165) is 19.0 Å². The number of nitrogens with one attached hydrogen (secondary N) is 1. The van der Waals surface area contributed by atoms with E-state index in [1.54, 1.807) is 11.3 Å². The van der Waals surface area contributed by atoms with Crippen molar-refractivity contribution in [1.82, 2.24) is 15.2 Å². The number of nitrogens with zero attached hydrogens (tertiary/aromatic N) is 3. The minimum Gasteiger partial charge on any atom is -0.346 e. The van der Waals surface area contributed by atoms with Crippen LogP contribution in [0.15, 0.2) is 11.6 Å². The molecule has 3 rings (SSSR count). The van der Waals surface area contributed by atoms with Crippen LogP contribution in [0, 0.1) is 5.92 Å². The second kappa shape index (κ2) is 5.99. The summed E-state index contributed by atoms with van der Waals surface area (Å²) in [6, 6.07) is 0. The van der Waals surface area contributed by atoms with E-state index in [9.17, 15) is 0 Å². The molecule has 1 atom stereocenters. The third-order valence-electron chi connectivity index (χ3n) is 4.08. The Balaban J connectivity index is 1.40. The Hall–Kier alpha value is -0.650. The monoisotopic (exact) mass is 266 g/mol. The van der Waals surface area contributed by atoms with Crippen molar-refractivity contribution in [3.63, 3.8) is 0 Å². The van der Waals surface area contributed by atoms with Crippen molar-refractivity contribution in [3.05, 3.63) is 11.6 Å². The van der Waals surface area contributed by atoms with Gasteiger partial charge in [0.25, 0.3) is 0 Å². The van der Waals surface area contributed by atoms with Crippen molar-refractivity contribution < 1.29 is 0 Å². The number of thiazole rings is 1. The number of anilines is 1. The highest BCUT2D eigenvalue weighted by molar-refractivity contribution is 7.13. The number of aromatic nitrogens is 1. The van der Waals surface area contributed by atoms with Gasteiger partial charge in [-0.25, -0.2) is 4.98 Å². The number of rotatable bonds is 4. The SMILES string of the molecule is c1csc(N2CCN(CCC3CCNC3)CC2)n1. The zero-order chi connectivity index (χ0) is 12.2. The van der Waals surface area contributed by atoms with E-state index in [1.807, 2.05) is 6.20 Å². The van der Waals surface area contributed by atoms with Crippen LogP contribution in [0.5, 0.6) is 0 Å². The first-order valence-electron chi connectivity index (χ1n) is 6.99. The van der Waals surface area contributed by atoms with E-state index in [2.05, 4.69) is 25.5 Å². The van der Waals surface area contributed by atoms with Gasteiger partial charge in [-0.1, -0.05) is 0 Å². The predicted molar refractivity (Wildman–Crippen MR) is 76.4 cm³/mol. The van der Waals surface area contributed by atoms with Crippen molar-refractivity contribution in [2.75, 3.05) is 50.7 Å². The summed E-state index contributed by atoms with van der Waals surface area (Å²) in [5.41, 5.74) is 0. The highest BCUT2D eigenvalue weighted by atomic mass is 32.1. The maximum atomic E-state index is 4.39. The summed E-state index contributed by atoms with van der Waals surface area (Å²) in [6.07, 6.45) is 4.64. The van der Waals surface area contributed by atoms with Crippen LogP contribution in [0.4, 0.5) is 5.13 Å². The van der Waals surface area contributed by atoms with Gasteiger partial charge in [0.1, 0.15) is 0 Å². The summed E-state index contributed by atoms with van der Waals surface area (Å²) in [5.74, 6) is 0.919.